The van der Waals surface area contributed by atoms with Crippen LogP contribution in [0.5, 0.6) is 0 Å². The number of fused-ring (bicyclic) bond motifs is 1. The normalized spacial score (nSPS) is 18.0. The third-order valence-electron chi connectivity index (χ3n) is 5.41. The van der Waals surface area contributed by atoms with E-state index in [-0.39, 0.29) is 5.56 Å². The van der Waals surface area contributed by atoms with Crippen LogP contribution in [0.15, 0.2) is 64.4 Å². The number of sulfone groups is 1. The van der Waals surface area contributed by atoms with Crippen LogP contribution in [0.2, 0.25) is 0 Å². The molecule has 29 heavy (non-hydrogen) atoms. The lowest BCUT2D eigenvalue weighted by Gasteiger charge is -2.33. The van der Waals surface area contributed by atoms with Crippen molar-refractivity contribution in [3.05, 3.63) is 70.6 Å². The van der Waals surface area contributed by atoms with E-state index in [1.165, 1.54) is 6.26 Å². The molecule has 0 saturated carbocycles. The molecule has 7 heteroatoms. The Kier molecular flexibility index (Phi) is 5.43. The fourth-order valence-corrected chi connectivity index (χ4v) is 4.57. The molecule has 1 aliphatic heterocycles. The molecule has 0 amide bonds. The molecule has 1 atom stereocenters. The van der Waals surface area contributed by atoms with Gasteiger partial charge in [0, 0.05) is 42.7 Å². The van der Waals surface area contributed by atoms with Crippen molar-refractivity contribution in [2.24, 2.45) is 0 Å². The Balaban J connectivity index is 1.41. The maximum Gasteiger partial charge on any atom is 0.255 e. The van der Waals surface area contributed by atoms with Gasteiger partial charge in [0.2, 0.25) is 0 Å². The highest BCUT2D eigenvalue weighted by Crippen LogP contribution is 2.21. The first-order valence-electron chi connectivity index (χ1n) is 9.78. The molecule has 0 bridgehead atoms. The lowest BCUT2D eigenvalue weighted by molar-refractivity contribution is 0.208. The summed E-state index contributed by atoms with van der Waals surface area (Å²) in [6, 6.07) is 15.2. The summed E-state index contributed by atoms with van der Waals surface area (Å²) in [5, 5.41) is 5.23. The van der Waals surface area contributed by atoms with Crippen LogP contribution in [0.1, 0.15) is 18.4 Å². The maximum atomic E-state index is 11.9. The van der Waals surface area contributed by atoms with Crippen molar-refractivity contribution in [2.75, 3.05) is 24.7 Å². The molecule has 2 aromatic carbocycles. The van der Waals surface area contributed by atoms with Crippen molar-refractivity contribution in [3.8, 4) is 0 Å². The van der Waals surface area contributed by atoms with E-state index in [4.69, 9.17) is 0 Å². The SMILES string of the molecule is CS(=O)(=O)c1ccc(CN2CCC[C@@H](Nc3ccc4c(=O)[nH]ccc4c3)C2)cc1. The molecule has 0 radical (unpaired) electrons. The smallest absolute Gasteiger partial charge is 0.255 e. The standard InChI is InChI=1S/C22H25N3O3S/c1-29(27,28)20-7-4-16(5-8-20)14-25-12-2-3-19(15-25)24-18-6-9-21-17(13-18)10-11-23-22(21)26/h4-11,13,19,24H,2-3,12,14-15H2,1H3,(H,23,26)/t19-/m1/s1. The Morgan fingerprint density at radius 1 is 1.14 bits per heavy atom. The average molecular weight is 412 g/mol. The van der Waals surface area contributed by atoms with E-state index in [9.17, 15) is 13.2 Å². The van der Waals surface area contributed by atoms with Gasteiger partial charge >= 0.3 is 0 Å². The minimum absolute atomic E-state index is 0.0696. The van der Waals surface area contributed by atoms with Gasteiger partial charge in [0.05, 0.1) is 4.90 Å². The Labute approximate surface area is 170 Å². The molecule has 0 aliphatic carbocycles. The van der Waals surface area contributed by atoms with E-state index in [1.807, 2.05) is 36.4 Å². The molecular weight excluding hydrogens is 386 g/mol. The van der Waals surface area contributed by atoms with Crippen LogP contribution in [0.25, 0.3) is 10.8 Å². The molecule has 2 heterocycles. The highest BCUT2D eigenvalue weighted by atomic mass is 32.2. The first kappa shape index (κ1) is 19.7. The highest BCUT2D eigenvalue weighted by Gasteiger charge is 2.20. The fourth-order valence-electron chi connectivity index (χ4n) is 3.93. The second kappa shape index (κ2) is 8.00. The van der Waals surface area contributed by atoms with Gasteiger partial charge in [-0.05, 0) is 66.7 Å². The zero-order valence-corrected chi connectivity index (χ0v) is 17.2. The summed E-state index contributed by atoms with van der Waals surface area (Å²) in [5.74, 6) is 0. The quantitative estimate of drug-likeness (QED) is 0.674. The van der Waals surface area contributed by atoms with Gasteiger partial charge in [0.25, 0.3) is 5.56 Å². The molecule has 3 aromatic rings. The van der Waals surface area contributed by atoms with Gasteiger partial charge in [-0.2, -0.15) is 0 Å². The molecule has 152 valence electrons. The number of hydrogen-bond acceptors (Lipinski definition) is 5. The zero-order chi connectivity index (χ0) is 20.4. The van der Waals surface area contributed by atoms with E-state index in [2.05, 4.69) is 15.2 Å². The van der Waals surface area contributed by atoms with Crippen LogP contribution in [0.4, 0.5) is 5.69 Å². The lowest BCUT2D eigenvalue weighted by atomic mass is 10.0. The second-order valence-corrected chi connectivity index (χ2v) is 9.76. The highest BCUT2D eigenvalue weighted by molar-refractivity contribution is 7.90. The summed E-state index contributed by atoms with van der Waals surface area (Å²) in [6.07, 6.45) is 5.10. The maximum absolute atomic E-state index is 11.9. The average Bonchev–Trinajstić information content (AvgIpc) is 2.68. The molecular formula is C22H25N3O3S. The van der Waals surface area contributed by atoms with Crippen LogP contribution < -0.4 is 10.9 Å². The first-order chi connectivity index (χ1) is 13.9. The summed E-state index contributed by atoms with van der Waals surface area (Å²) >= 11 is 0. The third kappa shape index (κ3) is 4.68. The summed E-state index contributed by atoms with van der Waals surface area (Å²) < 4.78 is 23.2. The Bertz CT molecular complexity index is 1170. The van der Waals surface area contributed by atoms with Crippen LogP contribution in [-0.2, 0) is 16.4 Å². The van der Waals surface area contributed by atoms with Gasteiger partial charge < -0.3 is 10.3 Å². The monoisotopic (exact) mass is 411 g/mol. The third-order valence-corrected chi connectivity index (χ3v) is 6.54. The molecule has 1 fully saturated rings. The lowest BCUT2D eigenvalue weighted by Crippen LogP contribution is -2.41. The van der Waals surface area contributed by atoms with Crippen molar-refractivity contribution < 1.29 is 8.42 Å². The number of H-pyrrole nitrogens is 1. The number of aromatic amines is 1. The minimum atomic E-state index is -3.16. The van der Waals surface area contributed by atoms with Crippen molar-refractivity contribution in [3.63, 3.8) is 0 Å². The second-order valence-electron chi connectivity index (χ2n) is 7.74. The van der Waals surface area contributed by atoms with Crippen molar-refractivity contribution in [1.29, 1.82) is 0 Å². The van der Waals surface area contributed by atoms with Gasteiger partial charge in [-0.3, -0.25) is 9.69 Å². The van der Waals surface area contributed by atoms with Crippen molar-refractivity contribution >= 4 is 26.3 Å². The summed E-state index contributed by atoms with van der Waals surface area (Å²) in [4.78, 5) is 17.3. The van der Waals surface area contributed by atoms with Crippen LogP contribution in [-0.4, -0.2) is 43.7 Å². The number of aromatic nitrogens is 1. The number of nitrogens with one attached hydrogen (secondary N) is 2. The molecule has 1 aliphatic rings. The first-order valence-corrected chi connectivity index (χ1v) is 11.7. The molecule has 6 nitrogen and oxygen atoms in total. The fraction of sp³-hybridized carbons (Fsp3) is 0.318. The Morgan fingerprint density at radius 3 is 2.69 bits per heavy atom. The number of piperidine rings is 1. The molecule has 1 saturated heterocycles. The van der Waals surface area contributed by atoms with Crippen LogP contribution >= 0.6 is 0 Å². The number of likely N-dealkylation sites (tertiary alicyclic amines) is 1. The molecule has 2 N–H and O–H groups in total. The predicted molar refractivity (Wildman–Crippen MR) is 116 cm³/mol. The number of pyridine rings is 1. The number of rotatable bonds is 5. The van der Waals surface area contributed by atoms with Crippen LogP contribution in [0.3, 0.4) is 0 Å². The van der Waals surface area contributed by atoms with Gasteiger partial charge in [-0.15, -0.1) is 0 Å². The van der Waals surface area contributed by atoms with E-state index in [1.54, 1.807) is 18.3 Å². The molecule has 4 rings (SSSR count). The number of benzene rings is 2. The van der Waals surface area contributed by atoms with Gasteiger partial charge in [0.15, 0.2) is 9.84 Å². The van der Waals surface area contributed by atoms with E-state index in [0.717, 1.165) is 49.1 Å². The van der Waals surface area contributed by atoms with Crippen LogP contribution in [0, 0.1) is 0 Å². The van der Waals surface area contributed by atoms with Gasteiger partial charge in [-0.1, -0.05) is 12.1 Å². The number of nitrogens with zero attached hydrogens (tertiary/aromatic N) is 1. The molecule has 0 unspecified atom stereocenters. The number of anilines is 1. The van der Waals surface area contributed by atoms with Crippen molar-refractivity contribution in [2.45, 2.75) is 30.3 Å². The Hall–Kier alpha value is -2.64. The zero-order valence-electron chi connectivity index (χ0n) is 16.4. The van der Waals surface area contributed by atoms with E-state index < -0.39 is 9.84 Å². The summed E-state index contributed by atoms with van der Waals surface area (Å²) in [5.41, 5.74) is 2.07. The van der Waals surface area contributed by atoms with Crippen molar-refractivity contribution in [1.82, 2.24) is 9.88 Å². The van der Waals surface area contributed by atoms with Gasteiger partial charge in [-0.25, -0.2) is 8.42 Å². The molecule has 0 spiro atoms. The van der Waals surface area contributed by atoms with E-state index in [0.29, 0.717) is 16.3 Å². The largest absolute Gasteiger partial charge is 0.381 e. The predicted octanol–water partition coefficient (Wildman–Crippen LogP) is 3.01. The van der Waals surface area contributed by atoms with Gasteiger partial charge in [0.1, 0.15) is 0 Å². The molecule has 1 aromatic heterocycles. The summed E-state index contributed by atoms with van der Waals surface area (Å²) in [6.45, 7) is 2.75. The minimum Gasteiger partial charge on any atom is -0.381 e. The van der Waals surface area contributed by atoms with E-state index >= 15 is 0 Å². The number of hydrogen-bond donors (Lipinski definition) is 2. The Morgan fingerprint density at radius 2 is 1.93 bits per heavy atom. The summed E-state index contributed by atoms with van der Waals surface area (Å²) in [7, 11) is -3.16. The topological polar surface area (TPSA) is 82.3 Å².